The van der Waals surface area contributed by atoms with Crippen LogP contribution in [0.3, 0.4) is 0 Å². The summed E-state index contributed by atoms with van der Waals surface area (Å²) in [5, 5.41) is 0. The lowest BCUT2D eigenvalue weighted by atomic mass is 10.1. The Labute approximate surface area is 209 Å². The van der Waals surface area contributed by atoms with Gasteiger partial charge >= 0.3 is 0 Å². The highest BCUT2D eigenvalue weighted by Crippen LogP contribution is 2.11. The quantitative estimate of drug-likeness (QED) is 0.111. The molecule has 0 saturated carbocycles. The van der Waals surface area contributed by atoms with Gasteiger partial charge in [0.2, 0.25) is 0 Å². The standard InChI is InChI=1S/C27H57N3O2Si/c1-5-9-17-28(18-10-6-2)20-23-30-24-21-29(22-25-30)19-15-13-11-12-14-16-26-33-27(31-7-3)32-8-4/h27H,5-26H2,1-4H3. The van der Waals surface area contributed by atoms with Gasteiger partial charge in [-0.2, -0.15) is 0 Å². The number of unbranched alkanes of at least 4 members (excludes halogenated alkanes) is 7. The molecule has 0 aliphatic carbocycles. The molecule has 0 aromatic rings. The second kappa shape index (κ2) is 22.5. The van der Waals surface area contributed by atoms with Crippen molar-refractivity contribution in [2.75, 3.05) is 72.1 Å². The molecule has 1 aliphatic heterocycles. The lowest BCUT2D eigenvalue weighted by Gasteiger charge is -2.36. The summed E-state index contributed by atoms with van der Waals surface area (Å²) in [5.41, 5.74) is 0. The zero-order valence-electron chi connectivity index (χ0n) is 22.8. The first-order chi connectivity index (χ1) is 16.2. The van der Waals surface area contributed by atoms with E-state index >= 15 is 0 Å². The summed E-state index contributed by atoms with van der Waals surface area (Å²) in [6, 6.07) is 1.25. The normalized spacial score (nSPS) is 15.8. The lowest BCUT2D eigenvalue weighted by Crippen LogP contribution is -2.48. The zero-order valence-corrected chi connectivity index (χ0v) is 23.8. The molecule has 0 aromatic heterocycles. The summed E-state index contributed by atoms with van der Waals surface area (Å²) in [5.74, 6) is 0.0431. The Morgan fingerprint density at radius 2 is 1.15 bits per heavy atom. The van der Waals surface area contributed by atoms with E-state index in [1.807, 2.05) is 13.8 Å². The first-order valence-corrected chi connectivity index (χ1v) is 15.6. The van der Waals surface area contributed by atoms with Crippen LogP contribution in [0, 0.1) is 0 Å². The fraction of sp³-hybridized carbons (Fsp3) is 1.00. The Hall–Kier alpha value is 0.0169. The van der Waals surface area contributed by atoms with Crippen LogP contribution in [0.2, 0.25) is 6.04 Å². The van der Waals surface area contributed by atoms with Gasteiger partial charge in [0.05, 0.1) is 0 Å². The van der Waals surface area contributed by atoms with E-state index in [-0.39, 0.29) is 5.91 Å². The number of hydrogen-bond donors (Lipinski definition) is 0. The average Bonchev–Trinajstić information content (AvgIpc) is 2.83. The minimum absolute atomic E-state index is 0.0431. The van der Waals surface area contributed by atoms with Crippen molar-refractivity contribution in [2.24, 2.45) is 0 Å². The first kappa shape index (κ1) is 31.0. The van der Waals surface area contributed by atoms with E-state index in [0.717, 1.165) is 22.7 Å². The third-order valence-electron chi connectivity index (χ3n) is 6.70. The molecule has 0 atom stereocenters. The van der Waals surface area contributed by atoms with Crippen molar-refractivity contribution in [1.82, 2.24) is 14.7 Å². The number of rotatable bonds is 23. The van der Waals surface area contributed by atoms with Gasteiger partial charge < -0.3 is 19.3 Å². The molecule has 0 aromatic carbocycles. The molecule has 0 bridgehead atoms. The van der Waals surface area contributed by atoms with Crippen LogP contribution in [0.4, 0.5) is 0 Å². The van der Waals surface area contributed by atoms with E-state index in [4.69, 9.17) is 9.47 Å². The maximum Gasteiger partial charge on any atom is 0.137 e. The molecule has 33 heavy (non-hydrogen) atoms. The van der Waals surface area contributed by atoms with Crippen LogP contribution >= 0.6 is 0 Å². The third-order valence-corrected chi connectivity index (χ3v) is 8.01. The number of piperazine rings is 1. The van der Waals surface area contributed by atoms with Gasteiger partial charge in [0.25, 0.3) is 0 Å². The van der Waals surface area contributed by atoms with E-state index in [1.54, 1.807) is 0 Å². The van der Waals surface area contributed by atoms with E-state index in [1.165, 1.54) is 129 Å². The molecule has 1 saturated heterocycles. The molecule has 2 radical (unpaired) electrons. The fourth-order valence-corrected chi connectivity index (χ4v) is 5.73. The summed E-state index contributed by atoms with van der Waals surface area (Å²) < 4.78 is 11.3. The van der Waals surface area contributed by atoms with E-state index in [0.29, 0.717) is 0 Å². The van der Waals surface area contributed by atoms with Gasteiger partial charge in [0.1, 0.15) is 15.4 Å². The second-order valence-electron chi connectivity index (χ2n) is 9.55. The smallest absolute Gasteiger partial charge is 0.137 e. The van der Waals surface area contributed by atoms with E-state index < -0.39 is 0 Å². The molecule has 1 heterocycles. The maximum absolute atomic E-state index is 5.64. The van der Waals surface area contributed by atoms with Crippen LogP contribution in [-0.4, -0.2) is 102 Å². The van der Waals surface area contributed by atoms with Crippen LogP contribution in [0.25, 0.3) is 0 Å². The molecule has 0 N–H and O–H groups in total. The summed E-state index contributed by atoms with van der Waals surface area (Å²) >= 11 is 0. The van der Waals surface area contributed by atoms with Gasteiger partial charge in [-0.3, -0.25) is 4.90 Å². The molecule has 6 heteroatoms. The lowest BCUT2D eigenvalue weighted by molar-refractivity contribution is -0.0827. The molecule has 0 spiro atoms. The van der Waals surface area contributed by atoms with E-state index in [2.05, 4.69) is 28.5 Å². The third kappa shape index (κ3) is 17.1. The van der Waals surface area contributed by atoms with Gasteiger partial charge in [-0.25, -0.2) is 0 Å². The number of nitrogens with zero attached hydrogens (tertiary/aromatic N) is 3. The summed E-state index contributed by atoms with van der Waals surface area (Å²) in [4.78, 5) is 8.10. The number of ether oxygens (including phenoxy) is 2. The summed E-state index contributed by atoms with van der Waals surface area (Å²) in [6.07, 6.45) is 13.6. The van der Waals surface area contributed by atoms with Crippen molar-refractivity contribution in [1.29, 1.82) is 0 Å². The molecule has 1 aliphatic rings. The highest BCUT2D eigenvalue weighted by Gasteiger charge is 2.17. The van der Waals surface area contributed by atoms with Crippen LogP contribution < -0.4 is 0 Å². The van der Waals surface area contributed by atoms with Crippen LogP contribution in [0.5, 0.6) is 0 Å². The Bertz CT molecular complexity index is 395. The van der Waals surface area contributed by atoms with Gasteiger partial charge in [-0.05, 0) is 52.7 Å². The monoisotopic (exact) mass is 483 g/mol. The first-order valence-electron chi connectivity index (χ1n) is 14.4. The minimum atomic E-state index is 0.0431. The van der Waals surface area contributed by atoms with Crippen molar-refractivity contribution in [3.63, 3.8) is 0 Å². The Morgan fingerprint density at radius 1 is 0.636 bits per heavy atom. The van der Waals surface area contributed by atoms with Gasteiger partial charge in [-0.1, -0.05) is 64.8 Å². The SMILES string of the molecule is CCCCN(CCCC)CCN1CCN(CCCCCCCC[Si]C(OCC)OCC)CC1. The van der Waals surface area contributed by atoms with Crippen molar-refractivity contribution < 1.29 is 9.47 Å². The molecule has 196 valence electrons. The average molecular weight is 484 g/mol. The fourth-order valence-electron chi connectivity index (χ4n) is 4.47. The van der Waals surface area contributed by atoms with E-state index in [9.17, 15) is 0 Å². The van der Waals surface area contributed by atoms with Crippen LogP contribution in [0.15, 0.2) is 0 Å². The summed E-state index contributed by atoms with van der Waals surface area (Å²) in [7, 11) is 0.789. The Kier molecular flexibility index (Phi) is 21.1. The highest BCUT2D eigenvalue weighted by atomic mass is 28.2. The molecular weight excluding hydrogens is 426 g/mol. The Morgan fingerprint density at radius 3 is 1.70 bits per heavy atom. The molecular formula is C27H57N3O2Si. The molecule has 0 amide bonds. The largest absolute Gasteiger partial charge is 0.357 e. The second-order valence-corrected chi connectivity index (χ2v) is 10.9. The number of hydrogen-bond acceptors (Lipinski definition) is 5. The maximum atomic E-state index is 5.64. The van der Waals surface area contributed by atoms with Crippen LogP contribution in [-0.2, 0) is 9.47 Å². The topological polar surface area (TPSA) is 28.2 Å². The minimum Gasteiger partial charge on any atom is -0.357 e. The highest BCUT2D eigenvalue weighted by molar-refractivity contribution is 6.36. The molecule has 5 nitrogen and oxygen atoms in total. The molecule has 0 unspecified atom stereocenters. The van der Waals surface area contributed by atoms with Gasteiger partial charge in [-0.15, -0.1) is 0 Å². The molecule has 1 rings (SSSR count). The van der Waals surface area contributed by atoms with Crippen molar-refractivity contribution >= 4 is 9.52 Å². The predicted molar refractivity (Wildman–Crippen MR) is 144 cm³/mol. The van der Waals surface area contributed by atoms with Crippen molar-refractivity contribution in [3.8, 4) is 0 Å². The van der Waals surface area contributed by atoms with Gasteiger partial charge in [0, 0.05) is 52.5 Å². The van der Waals surface area contributed by atoms with Crippen LogP contribution in [0.1, 0.15) is 91.9 Å². The Balaban J connectivity index is 1.98. The van der Waals surface area contributed by atoms with Gasteiger partial charge in [0.15, 0.2) is 0 Å². The zero-order chi connectivity index (χ0) is 24.0. The summed E-state index contributed by atoms with van der Waals surface area (Å²) in [6.45, 7) is 21.7. The molecule has 1 fully saturated rings. The predicted octanol–water partition coefficient (Wildman–Crippen LogP) is 5.33. The van der Waals surface area contributed by atoms with Crippen molar-refractivity contribution in [2.45, 2.75) is 104 Å². The van der Waals surface area contributed by atoms with Crippen molar-refractivity contribution in [3.05, 3.63) is 0 Å².